The highest BCUT2D eigenvalue weighted by Crippen LogP contribution is 2.20. The smallest absolute Gasteiger partial charge is 0.276 e. The van der Waals surface area contributed by atoms with Gasteiger partial charge in [0, 0.05) is 11.1 Å². The van der Waals surface area contributed by atoms with Crippen LogP contribution in [0.15, 0.2) is 59.4 Å². The van der Waals surface area contributed by atoms with Crippen LogP contribution in [0.1, 0.15) is 12.5 Å². The number of rotatable bonds is 4. The van der Waals surface area contributed by atoms with E-state index in [1.54, 1.807) is 4.40 Å². The van der Waals surface area contributed by atoms with Crippen LogP contribution in [-0.4, -0.2) is 21.2 Å². The first-order chi connectivity index (χ1) is 12.3. The lowest BCUT2D eigenvalue weighted by molar-refractivity contribution is 0.339. The van der Waals surface area contributed by atoms with Crippen molar-refractivity contribution < 1.29 is 4.74 Å². The number of nitrogens with zero attached hydrogens (tertiary/aromatic N) is 3. The summed E-state index contributed by atoms with van der Waals surface area (Å²) in [5.41, 5.74) is 1.63. The van der Waals surface area contributed by atoms with Gasteiger partial charge in [-0.2, -0.15) is 0 Å². The summed E-state index contributed by atoms with van der Waals surface area (Å²) < 4.78 is 7.80. The molecule has 0 amide bonds. The van der Waals surface area contributed by atoms with Gasteiger partial charge in [-0.15, -0.1) is 10.2 Å². The number of ether oxygens (including phenoxy) is 1. The average Bonchev–Trinajstić information content (AvgIpc) is 3.19. The Labute approximate surface area is 147 Å². The molecule has 0 spiro atoms. The fraction of sp³-hybridized carbons (Fsp3) is 0.105. The zero-order chi connectivity index (χ0) is 17.2. The Kier molecular flexibility index (Phi) is 4.03. The molecule has 0 N–H and O–H groups in total. The maximum absolute atomic E-state index is 12.9. The average molecular weight is 349 g/mol. The van der Waals surface area contributed by atoms with Gasteiger partial charge in [-0.3, -0.25) is 4.79 Å². The van der Waals surface area contributed by atoms with Crippen LogP contribution in [0.2, 0.25) is 0 Å². The van der Waals surface area contributed by atoms with Crippen molar-refractivity contribution in [1.82, 2.24) is 14.6 Å². The monoisotopic (exact) mass is 349 g/mol. The molecule has 2 aromatic heterocycles. The van der Waals surface area contributed by atoms with Crippen molar-refractivity contribution in [3.05, 3.63) is 75.0 Å². The highest BCUT2D eigenvalue weighted by molar-refractivity contribution is 7.15. The molecule has 5 nitrogen and oxygen atoms in total. The zero-order valence-corrected chi connectivity index (χ0v) is 14.4. The number of aromatic nitrogens is 3. The van der Waals surface area contributed by atoms with Crippen molar-refractivity contribution in [3.63, 3.8) is 0 Å². The molecule has 0 fully saturated rings. The van der Waals surface area contributed by atoms with Gasteiger partial charge in [0.15, 0.2) is 5.82 Å². The highest BCUT2D eigenvalue weighted by Gasteiger charge is 2.14. The molecule has 2 aromatic carbocycles. The van der Waals surface area contributed by atoms with Gasteiger partial charge >= 0.3 is 0 Å². The SMILES string of the molecule is CCOc1ccccc1C=c1sc2nnc(-c3ccccc3)n2c1=O. The van der Waals surface area contributed by atoms with Crippen molar-refractivity contribution in [2.24, 2.45) is 0 Å². The van der Waals surface area contributed by atoms with Crippen LogP contribution in [0.4, 0.5) is 0 Å². The van der Waals surface area contributed by atoms with Gasteiger partial charge in [0.2, 0.25) is 4.96 Å². The molecular weight excluding hydrogens is 334 g/mol. The third-order valence-corrected chi connectivity index (χ3v) is 4.75. The van der Waals surface area contributed by atoms with E-state index in [9.17, 15) is 4.79 Å². The minimum absolute atomic E-state index is 0.116. The Hall–Kier alpha value is -2.99. The van der Waals surface area contributed by atoms with E-state index in [0.717, 1.165) is 16.9 Å². The molecule has 4 rings (SSSR count). The molecule has 0 unspecified atom stereocenters. The fourth-order valence-corrected chi connectivity index (χ4v) is 3.57. The topological polar surface area (TPSA) is 56.5 Å². The van der Waals surface area contributed by atoms with Crippen molar-refractivity contribution in [1.29, 1.82) is 0 Å². The molecule has 0 saturated heterocycles. The lowest BCUT2D eigenvalue weighted by Crippen LogP contribution is -2.23. The van der Waals surface area contributed by atoms with Crippen molar-refractivity contribution >= 4 is 22.4 Å². The molecule has 4 aromatic rings. The molecule has 0 aliphatic carbocycles. The first kappa shape index (κ1) is 15.5. The number of hydrogen-bond acceptors (Lipinski definition) is 5. The third kappa shape index (κ3) is 2.81. The standard InChI is InChI=1S/C19H15N3O2S/c1-2-24-15-11-7-6-10-14(15)12-16-18(23)22-17(20-21-19(22)25-16)13-8-4-3-5-9-13/h3-12H,2H2,1H3. The predicted molar refractivity (Wildman–Crippen MR) is 99.0 cm³/mol. The number of benzene rings is 2. The van der Waals surface area contributed by atoms with Gasteiger partial charge in [-0.05, 0) is 19.1 Å². The number of thiazole rings is 1. The quantitative estimate of drug-likeness (QED) is 0.568. The molecule has 0 aliphatic heterocycles. The molecule has 0 saturated carbocycles. The first-order valence-corrected chi connectivity index (χ1v) is 8.76. The summed E-state index contributed by atoms with van der Waals surface area (Å²) in [7, 11) is 0. The van der Waals surface area contributed by atoms with Gasteiger partial charge < -0.3 is 4.74 Å². The fourth-order valence-electron chi connectivity index (χ4n) is 2.66. The minimum atomic E-state index is -0.116. The Morgan fingerprint density at radius 2 is 1.84 bits per heavy atom. The number of fused-ring (bicyclic) bond motifs is 1. The Bertz CT molecular complexity index is 1130. The van der Waals surface area contributed by atoms with Crippen LogP contribution in [0.3, 0.4) is 0 Å². The summed E-state index contributed by atoms with van der Waals surface area (Å²) in [6, 6.07) is 17.3. The molecule has 0 aliphatic rings. The Balaban J connectivity index is 1.90. The van der Waals surface area contributed by atoms with E-state index in [2.05, 4.69) is 10.2 Å². The maximum Gasteiger partial charge on any atom is 0.276 e. The van der Waals surface area contributed by atoms with Crippen LogP contribution < -0.4 is 14.8 Å². The zero-order valence-electron chi connectivity index (χ0n) is 13.5. The van der Waals surface area contributed by atoms with Gasteiger partial charge in [0.25, 0.3) is 5.56 Å². The van der Waals surface area contributed by atoms with E-state index in [-0.39, 0.29) is 5.56 Å². The molecule has 0 atom stereocenters. The first-order valence-electron chi connectivity index (χ1n) is 7.95. The summed E-state index contributed by atoms with van der Waals surface area (Å²) in [5, 5.41) is 8.32. The summed E-state index contributed by atoms with van der Waals surface area (Å²) in [4.78, 5) is 13.5. The van der Waals surface area contributed by atoms with E-state index < -0.39 is 0 Å². The van der Waals surface area contributed by atoms with Crippen LogP contribution in [0.5, 0.6) is 5.75 Å². The number of para-hydroxylation sites is 1. The predicted octanol–water partition coefficient (Wildman–Crippen LogP) is 2.76. The van der Waals surface area contributed by atoms with E-state index in [4.69, 9.17) is 4.74 Å². The van der Waals surface area contributed by atoms with Crippen molar-refractivity contribution in [2.75, 3.05) is 6.61 Å². The van der Waals surface area contributed by atoms with E-state index in [1.165, 1.54) is 11.3 Å². The van der Waals surface area contributed by atoms with Gasteiger partial charge in [-0.1, -0.05) is 59.9 Å². The summed E-state index contributed by atoms with van der Waals surface area (Å²) in [6.45, 7) is 2.51. The Morgan fingerprint density at radius 3 is 2.64 bits per heavy atom. The van der Waals surface area contributed by atoms with Crippen LogP contribution in [0, 0.1) is 0 Å². The van der Waals surface area contributed by atoms with Crippen LogP contribution in [0.25, 0.3) is 22.4 Å². The van der Waals surface area contributed by atoms with E-state index in [0.29, 0.717) is 21.9 Å². The summed E-state index contributed by atoms with van der Waals surface area (Å²) in [5.74, 6) is 1.33. The second-order valence-electron chi connectivity index (χ2n) is 5.39. The number of hydrogen-bond donors (Lipinski definition) is 0. The highest BCUT2D eigenvalue weighted by atomic mass is 32.1. The molecule has 0 radical (unpaired) electrons. The second-order valence-corrected chi connectivity index (χ2v) is 6.40. The van der Waals surface area contributed by atoms with Crippen molar-refractivity contribution in [2.45, 2.75) is 6.92 Å². The van der Waals surface area contributed by atoms with Crippen molar-refractivity contribution in [3.8, 4) is 17.1 Å². The summed E-state index contributed by atoms with van der Waals surface area (Å²) in [6.07, 6.45) is 1.85. The normalized spacial score (nSPS) is 12.0. The lowest BCUT2D eigenvalue weighted by Gasteiger charge is -2.05. The second kappa shape index (κ2) is 6.49. The van der Waals surface area contributed by atoms with Crippen LogP contribution in [-0.2, 0) is 0 Å². The largest absolute Gasteiger partial charge is 0.493 e. The van der Waals surface area contributed by atoms with Gasteiger partial charge in [0.1, 0.15) is 5.75 Å². The third-order valence-electron chi connectivity index (χ3n) is 3.79. The molecule has 2 heterocycles. The van der Waals surface area contributed by atoms with E-state index >= 15 is 0 Å². The molecule has 6 heteroatoms. The molecule has 124 valence electrons. The summed E-state index contributed by atoms with van der Waals surface area (Å²) >= 11 is 1.33. The molecule has 0 bridgehead atoms. The Morgan fingerprint density at radius 1 is 1.08 bits per heavy atom. The molecular formula is C19H15N3O2S. The minimum Gasteiger partial charge on any atom is -0.493 e. The van der Waals surface area contributed by atoms with Gasteiger partial charge in [0.05, 0.1) is 11.1 Å². The molecule has 25 heavy (non-hydrogen) atoms. The van der Waals surface area contributed by atoms with Gasteiger partial charge in [-0.25, -0.2) is 4.40 Å². The van der Waals surface area contributed by atoms with E-state index in [1.807, 2.05) is 67.6 Å². The van der Waals surface area contributed by atoms with Crippen LogP contribution >= 0.6 is 11.3 Å². The lowest BCUT2D eigenvalue weighted by atomic mass is 10.2. The maximum atomic E-state index is 12.9.